The second-order valence-corrected chi connectivity index (χ2v) is 4.87. The van der Waals surface area contributed by atoms with Gasteiger partial charge < -0.3 is 16.0 Å². The number of nitrogens with one attached hydrogen (secondary N) is 1. The first-order valence-corrected chi connectivity index (χ1v) is 6.54. The van der Waals surface area contributed by atoms with E-state index in [1.165, 1.54) is 0 Å². The van der Waals surface area contributed by atoms with E-state index < -0.39 is 0 Å². The Kier molecular flexibility index (Phi) is 4.14. The normalized spacial score (nSPS) is 10.3. The smallest absolute Gasteiger partial charge is 0.239 e. The van der Waals surface area contributed by atoms with Crippen molar-refractivity contribution in [3.05, 3.63) is 36.0 Å². The van der Waals surface area contributed by atoms with Crippen molar-refractivity contribution in [1.29, 1.82) is 0 Å². The van der Waals surface area contributed by atoms with Gasteiger partial charge in [-0.3, -0.25) is 9.78 Å². The van der Waals surface area contributed by atoms with Gasteiger partial charge >= 0.3 is 0 Å². The average Bonchev–Trinajstić information content (AvgIpc) is 2.45. The van der Waals surface area contributed by atoms with Crippen LogP contribution < -0.4 is 16.0 Å². The van der Waals surface area contributed by atoms with E-state index in [9.17, 15) is 4.79 Å². The minimum atomic E-state index is -0.0812. The molecule has 2 rings (SSSR count). The van der Waals surface area contributed by atoms with Crippen molar-refractivity contribution in [2.24, 2.45) is 5.73 Å². The summed E-state index contributed by atoms with van der Waals surface area (Å²) in [6, 6.07) is 7.69. The van der Waals surface area contributed by atoms with Crippen LogP contribution in [0.4, 0.5) is 5.69 Å². The van der Waals surface area contributed by atoms with Crippen LogP contribution in [-0.4, -0.2) is 36.5 Å². The van der Waals surface area contributed by atoms with Crippen molar-refractivity contribution < 1.29 is 4.79 Å². The third-order valence-electron chi connectivity index (χ3n) is 3.05. The van der Waals surface area contributed by atoms with Crippen LogP contribution in [-0.2, 0) is 4.79 Å². The van der Waals surface area contributed by atoms with Gasteiger partial charge in [-0.2, -0.15) is 0 Å². The summed E-state index contributed by atoms with van der Waals surface area (Å²) in [5, 5.41) is 3.52. The fraction of sp³-hybridized carbons (Fsp3) is 0.214. The third-order valence-corrected chi connectivity index (χ3v) is 3.27. The van der Waals surface area contributed by atoms with Gasteiger partial charge in [0.2, 0.25) is 5.91 Å². The minimum Gasteiger partial charge on any atom is -0.389 e. The number of carbonyl (C=O) groups is 1. The lowest BCUT2D eigenvalue weighted by atomic mass is 10.1. The number of fused-ring (bicyclic) bond motifs is 1. The molecule has 0 saturated heterocycles. The molecule has 5 nitrogen and oxygen atoms in total. The number of hydrogen-bond acceptors (Lipinski definition) is 4. The molecule has 0 unspecified atom stereocenters. The molecule has 0 bridgehead atoms. The number of likely N-dealkylation sites (N-methyl/N-ethyl adjacent to an activating group) is 2. The number of para-hydroxylation sites is 1. The summed E-state index contributed by atoms with van der Waals surface area (Å²) in [4.78, 5) is 18.0. The molecule has 0 aliphatic heterocycles. The number of hydrogen-bond donors (Lipinski definition) is 2. The van der Waals surface area contributed by atoms with Gasteiger partial charge in [0.25, 0.3) is 0 Å². The van der Waals surface area contributed by atoms with Crippen LogP contribution in [0.1, 0.15) is 5.56 Å². The van der Waals surface area contributed by atoms with E-state index in [1.54, 1.807) is 13.2 Å². The SMILES string of the molecule is CNC(=O)CN(C)c1c(C(N)=S)cnc2ccccc12. The molecule has 0 fully saturated rings. The van der Waals surface area contributed by atoms with Crippen LogP contribution in [0.15, 0.2) is 30.5 Å². The maximum Gasteiger partial charge on any atom is 0.239 e. The van der Waals surface area contributed by atoms with Crippen LogP contribution >= 0.6 is 12.2 Å². The van der Waals surface area contributed by atoms with E-state index in [-0.39, 0.29) is 17.4 Å². The molecule has 1 amide bonds. The van der Waals surface area contributed by atoms with Crippen LogP contribution in [0.5, 0.6) is 0 Å². The number of thiocarbonyl (C=S) groups is 1. The van der Waals surface area contributed by atoms with Crippen molar-refractivity contribution in [1.82, 2.24) is 10.3 Å². The Morgan fingerprint density at radius 3 is 2.80 bits per heavy atom. The maximum absolute atomic E-state index is 11.6. The summed E-state index contributed by atoms with van der Waals surface area (Å²) in [7, 11) is 3.44. The Bertz CT molecular complexity index is 671. The molecule has 0 aliphatic carbocycles. The van der Waals surface area contributed by atoms with Crippen LogP contribution in [0.3, 0.4) is 0 Å². The molecule has 1 heterocycles. The molecule has 0 radical (unpaired) electrons. The Morgan fingerprint density at radius 1 is 1.45 bits per heavy atom. The number of benzene rings is 1. The van der Waals surface area contributed by atoms with Crippen molar-refractivity contribution >= 4 is 39.7 Å². The monoisotopic (exact) mass is 288 g/mol. The van der Waals surface area contributed by atoms with Crippen molar-refractivity contribution in [2.75, 3.05) is 25.5 Å². The van der Waals surface area contributed by atoms with Crippen molar-refractivity contribution in [3.8, 4) is 0 Å². The molecular weight excluding hydrogens is 272 g/mol. The summed E-state index contributed by atoms with van der Waals surface area (Å²) in [5.41, 5.74) is 8.11. The average molecular weight is 288 g/mol. The number of nitrogens with zero attached hydrogens (tertiary/aromatic N) is 2. The van der Waals surface area contributed by atoms with Gasteiger partial charge in [0.1, 0.15) is 4.99 Å². The quantitative estimate of drug-likeness (QED) is 0.823. The van der Waals surface area contributed by atoms with Crippen molar-refractivity contribution in [2.45, 2.75) is 0 Å². The number of pyridine rings is 1. The first-order valence-electron chi connectivity index (χ1n) is 6.14. The van der Waals surface area contributed by atoms with E-state index in [0.29, 0.717) is 5.56 Å². The predicted molar refractivity (Wildman–Crippen MR) is 85.0 cm³/mol. The molecule has 1 aromatic heterocycles. The molecule has 6 heteroatoms. The Balaban J connectivity index is 2.60. The van der Waals surface area contributed by atoms with E-state index in [1.807, 2.05) is 36.2 Å². The first-order chi connectivity index (χ1) is 9.54. The lowest BCUT2D eigenvalue weighted by molar-refractivity contribution is -0.119. The Morgan fingerprint density at radius 2 is 2.15 bits per heavy atom. The zero-order valence-electron chi connectivity index (χ0n) is 11.4. The highest BCUT2D eigenvalue weighted by atomic mass is 32.1. The second kappa shape index (κ2) is 5.83. The van der Waals surface area contributed by atoms with E-state index >= 15 is 0 Å². The summed E-state index contributed by atoms with van der Waals surface area (Å²) < 4.78 is 0. The second-order valence-electron chi connectivity index (χ2n) is 4.43. The zero-order valence-corrected chi connectivity index (χ0v) is 12.2. The Labute approximate surface area is 122 Å². The number of nitrogens with two attached hydrogens (primary N) is 1. The van der Waals surface area contributed by atoms with Crippen LogP contribution in [0, 0.1) is 0 Å². The van der Waals surface area contributed by atoms with E-state index in [0.717, 1.165) is 16.6 Å². The minimum absolute atomic E-state index is 0.0812. The summed E-state index contributed by atoms with van der Waals surface area (Å²) >= 11 is 5.08. The molecule has 1 aromatic carbocycles. The first kappa shape index (κ1) is 14.2. The van der Waals surface area contributed by atoms with Gasteiger partial charge in [-0.25, -0.2) is 0 Å². The molecular formula is C14H16N4OS. The number of anilines is 1. The van der Waals surface area contributed by atoms with Crippen molar-refractivity contribution in [3.63, 3.8) is 0 Å². The highest BCUT2D eigenvalue weighted by molar-refractivity contribution is 7.80. The fourth-order valence-electron chi connectivity index (χ4n) is 2.09. The standard InChI is InChI=1S/C14H16N4OS/c1-16-12(19)8-18(2)13-9-5-3-4-6-11(9)17-7-10(13)14(15)20/h3-7H,8H2,1-2H3,(H2,15,20)(H,16,19). The summed E-state index contributed by atoms with van der Waals surface area (Å²) in [5.74, 6) is -0.0812. The topological polar surface area (TPSA) is 71.2 Å². The highest BCUT2D eigenvalue weighted by Crippen LogP contribution is 2.28. The fourth-order valence-corrected chi connectivity index (χ4v) is 2.24. The zero-order chi connectivity index (χ0) is 14.7. The van der Waals surface area contributed by atoms with Crippen LogP contribution in [0.25, 0.3) is 10.9 Å². The largest absolute Gasteiger partial charge is 0.389 e. The van der Waals surface area contributed by atoms with Crippen LogP contribution in [0.2, 0.25) is 0 Å². The van der Waals surface area contributed by atoms with Gasteiger partial charge in [0, 0.05) is 25.7 Å². The molecule has 3 N–H and O–H groups in total. The maximum atomic E-state index is 11.6. The summed E-state index contributed by atoms with van der Waals surface area (Å²) in [6.07, 6.45) is 1.65. The number of aromatic nitrogens is 1. The molecule has 0 atom stereocenters. The molecule has 20 heavy (non-hydrogen) atoms. The van der Waals surface area contributed by atoms with E-state index in [2.05, 4.69) is 10.3 Å². The van der Waals surface area contributed by atoms with Gasteiger partial charge in [0.15, 0.2) is 0 Å². The number of rotatable bonds is 4. The third kappa shape index (κ3) is 2.70. The number of amides is 1. The predicted octanol–water partition coefficient (Wildman–Crippen LogP) is 1.05. The van der Waals surface area contributed by atoms with Gasteiger partial charge in [-0.15, -0.1) is 0 Å². The molecule has 0 spiro atoms. The van der Waals surface area contributed by atoms with E-state index in [4.69, 9.17) is 18.0 Å². The van der Waals surface area contributed by atoms with Gasteiger partial charge in [0.05, 0.1) is 23.3 Å². The lowest BCUT2D eigenvalue weighted by Crippen LogP contribution is -2.34. The van der Waals surface area contributed by atoms with Gasteiger partial charge in [-0.1, -0.05) is 30.4 Å². The number of carbonyl (C=O) groups excluding carboxylic acids is 1. The molecule has 104 valence electrons. The molecule has 0 aliphatic rings. The Hall–Kier alpha value is -2.21. The molecule has 0 saturated carbocycles. The lowest BCUT2D eigenvalue weighted by Gasteiger charge is -2.23. The van der Waals surface area contributed by atoms with Gasteiger partial charge in [-0.05, 0) is 6.07 Å². The highest BCUT2D eigenvalue weighted by Gasteiger charge is 2.16. The molecule has 2 aromatic rings. The summed E-state index contributed by atoms with van der Waals surface area (Å²) in [6.45, 7) is 0.222.